The molecule has 2 heterocycles. The Morgan fingerprint density at radius 2 is 1.91 bits per heavy atom. The topological polar surface area (TPSA) is 67.6 Å². The average molecular weight is 446 g/mol. The molecule has 1 aliphatic rings. The lowest BCUT2D eigenvalue weighted by Gasteiger charge is -2.28. The molecule has 2 amide bonds. The smallest absolute Gasteiger partial charge is 0.324 e. The van der Waals surface area contributed by atoms with E-state index >= 15 is 0 Å². The van der Waals surface area contributed by atoms with Crippen LogP contribution < -0.4 is 10.1 Å². The number of hydrogen-bond acceptors (Lipinski definition) is 4. The molecule has 0 saturated carbocycles. The molecular weight excluding hydrogens is 414 g/mol. The van der Waals surface area contributed by atoms with Crippen molar-refractivity contribution in [2.24, 2.45) is 0 Å². The first-order chi connectivity index (χ1) is 16.0. The molecule has 3 aromatic rings. The summed E-state index contributed by atoms with van der Waals surface area (Å²) in [4.78, 5) is 14.4. The quantitative estimate of drug-likeness (QED) is 0.504. The number of benzene rings is 2. The Hall–Kier alpha value is -3.54. The van der Waals surface area contributed by atoms with Crippen LogP contribution >= 0.6 is 0 Å². The standard InChI is InChI=1S/C27H31N3O3/c1-19(16-22-8-5-4-6-9-22)32-25-11-7-10-24(18-25)17-23-12-14-30(15-13-23)27(31)28-26-20(2)21(3)29-33-26/h4-11,17-19H,12-16H2,1-3H3,(H,28,31). The summed E-state index contributed by atoms with van der Waals surface area (Å²) in [6.07, 6.45) is 4.87. The summed E-state index contributed by atoms with van der Waals surface area (Å²) >= 11 is 0. The SMILES string of the molecule is Cc1noc(NC(=O)N2CCC(=Cc3cccc(OC(C)Cc4ccccc4)c3)CC2)c1C. The predicted octanol–water partition coefficient (Wildman–Crippen LogP) is 6.01. The molecule has 0 bridgehead atoms. The van der Waals surface area contributed by atoms with Gasteiger partial charge < -0.3 is 14.2 Å². The van der Waals surface area contributed by atoms with Crippen LogP contribution in [-0.2, 0) is 6.42 Å². The molecule has 1 saturated heterocycles. The number of amides is 2. The highest BCUT2D eigenvalue weighted by Crippen LogP contribution is 2.24. The summed E-state index contributed by atoms with van der Waals surface area (Å²) < 4.78 is 11.4. The molecule has 6 nitrogen and oxygen atoms in total. The van der Waals surface area contributed by atoms with Gasteiger partial charge in [0, 0.05) is 25.1 Å². The minimum atomic E-state index is -0.142. The number of carbonyl (C=O) groups is 1. The molecule has 2 aromatic carbocycles. The van der Waals surface area contributed by atoms with Crippen LogP contribution in [0.15, 0.2) is 64.7 Å². The number of nitrogens with zero attached hydrogens (tertiary/aromatic N) is 2. The Labute approximate surface area is 195 Å². The van der Waals surface area contributed by atoms with Crippen molar-refractivity contribution < 1.29 is 14.1 Å². The van der Waals surface area contributed by atoms with E-state index in [-0.39, 0.29) is 12.1 Å². The van der Waals surface area contributed by atoms with Crippen LogP contribution in [0.5, 0.6) is 5.75 Å². The van der Waals surface area contributed by atoms with Crippen molar-refractivity contribution in [2.45, 2.75) is 46.1 Å². The lowest BCUT2D eigenvalue weighted by atomic mass is 10.0. The molecule has 1 aromatic heterocycles. The maximum atomic E-state index is 12.6. The molecule has 0 spiro atoms. The van der Waals surface area contributed by atoms with E-state index in [0.717, 1.165) is 41.8 Å². The van der Waals surface area contributed by atoms with Gasteiger partial charge in [-0.3, -0.25) is 5.32 Å². The molecule has 4 rings (SSSR count). The molecule has 1 aliphatic heterocycles. The fourth-order valence-corrected chi connectivity index (χ4v) is 3.98. The second-order valence-electron chi connectivity index (χ2n) is 8.63. The van der Waals surface area contributed by atoms with E-state index in [9.17, 15) is 4.79 Å². The molecule has 0 aliphatic carbocycles. The Morgan fingerprint density at radius 1 is 1.15 bits per heavy atom. The highest BCUT2D eigenvalue weighted by Gasteiger charge is 2.21. The third-order valence-corrected chi connectivity index (χ3v) is 6.00. The fraction of sp³-hybridized carbons (Fsp3) is 0.333. The summed E-state index contributed by atoms with van der Waals surface area (Å²) in [7, 11) is 0. The first-order valence-electron chi connectivity index (χ1n) is 11.5. The van der Waals surface area contributed by atoms with Crippen molar-refractivity contribution in [3.8, 4) is 5.75 Å². The Balaban J connectivity index is 1.31. The number of likely N-dealkylation sites (tertiary alicyclic amines) is 1. The molecule has 0 radical (unpaired) electrons. The zero-order valence-corrected chi connectivity index (χ0v) is 19.5. The van der Waals surface area contributed by atoms with Gasteiger partial charge in [-0.1, -0.05) is 59.3 Å². The summed E-state index contributed by atoms with van der Waals surface area (Å²) in [5, 5.41) is 6.72. The number of nitrogens with one attached hydrogen (secondary N) is 1. The van der Waals surface area contributed by atoms with Gasteiger partial charge in [-0.25, -0.2) is 4.79 Å². The summed E-state index contributed by atoms with van der Waals surface area (Å²) in [6, 6.07) is 18.5. The van der Waals surface area contributed by atoms with E-state index in [4.69, 9.17) is 9.26 Å². The Morgan fingerprint density at radius 3 is 2.61 bits per heavy atom. The average Bonchev–Trinajstić information content (AvgIpc) is 3.12. The molecule has 172 valence electrons. The lowest BCUT2D eigenvalue weighted by Crippen LogP contribution is -2.39. The van der Waals surface area contributed by atoms with Crippen LogP contribution in [0.1, 0.15) is 42.1 Å². The molecule has 1 N–H and O–H groups in total. The molecule has 1 unspecified atom stereocenters. The maximum absolute atomic E-state index is 12.6. The number of carbonyl (C=O) groups excluding carboxylic acids is 1. The van der Waals surface area contributed by atoms with Crippen molar-refractivity contribution in [2.75, 3.05) is 18.4 Å². The van der Waals surface area contributed by atoms with E-state index in [2.05, 4.69) is 59.9 Å². The monoisotopic (exact) mass is 445 g/mol. The van der Waals surface area contributed by atoms with E-state index in [1.807, 2.05) is 36.9 Å². The van der Waals surface area contributed by atoms with Crippen LogP contribution in [0, 0.1) is 13.8 Å². The number of hydrogen-bond donors (Lipinski definition) is 1. The van der Waals surface area contributed by atoms with Gasteiger partial charge in [0.05, 0.1) is 11.8 Å². The van der Waals surface area contributed by atoms with Gasteiger partial charge in [0.25, 0.3) is 0 Å². The number of aryl methyl sites for hydroxylation is 1. The van der Waals surface area contributed by atoms with Crippen molar-refractivity contribution in [1.29, 1.82) is 0 Å². The molecule has 6 heteroatoms. The van der Waals surface area contributed by atoms with Crippen molar-refractivity contribution in [3.05, 3.63) is 82.6 Å². The number of rotatable bonds is 6. The van der Waals surface area contributed by atoms with Gasteiger partial charge in [0.2, 0.25) is 5.88 Å². The van der Waals surface area contributed by atoms with Crippen molar-refractivity contribution >= 4 is 18.0 Å². The number of anilines is 1. The third-order valence-electron chi connectivity index (χ3n) is 6.00. The highest BCUT2D eigenvalue weighted by atomic mass is 16.5. The highest BCUT2D eigenvalue weighted by molar-refractivity contribution is 5.88. The maximum Gasteiger partial charge on any atom is 0.324 e. The predicted molar refractivity (Wildman–Crippen MR) is 130 cm³/mol. The Bertz CT molecular complexity index is 1110. The van der Waals surface area contributed by atoms with Crippen LogP contribution in [0.25, 0.3) is 6.08 Å². The van der Waals surface area contributed by atoms with E-state index in [0.29, 0.717) is 19.0 Å². The van der Waals surface area contributed by atoms with Crippen LogP contribution in [0.3, 0.4) is 0 Å². The van der Waals surface area contributed by atoms with E-state index in [1.165, 1.54) is 11.1 Å². The van der Waals surface area contributed by atoms with Crippen molar-refractivity contribution in [3.63, 3.8) is 0 Å². The fourth-order valence-electron chi connectivity index (χ4n) is 3.98. The zero-order valence-electron chi connectivity index (χ0n) is 19.5. The first kappa shape index (κ1) is 22.6. The van der Waals surface area contributed by atoms with Gasteiger partial charge in [0.15, 0.2) is 0 Å². The normalized spacial score (nSPS) is 14.6. The third kappa shape index (κ3) is 6.04. The van der Waals surface area contributed by atoms with Gasteiger partial charge >= 0.3 is 6.03 Å². The van der Waals surface area contributed by atoms with Crippen LogP contribution in [0.2, 0.25) is 0 Å². The summed E-state index contributed by atoms with van der Waals surface area (Å²) in [5.41, 5.74) is 5.38. The number of ether oxygens (including phenoxy) is 1. The molecule has 33 heavy (non-hydrogen) atoms. The minimum absolute atomic E-state index is 0.0915. The largest absolute Gasteiger partial charge is 0.490 e. The van der Waals surface area contributed by atoms with Crippen molar-refractivity contribution in [1.82, 2.24) is 10.1 Å². The van der Waals surface area contributed by atoms with Crippen LogP contribution in [0.4, 0.5) is 10.7 Å². The van der Waals surface area contributed by atoms with Gasteiger partial charge in [-0.2, -0.15) is 0 Å². The second-order valence-corrected chi connectivity index (χ2v) is 8.63. The summed E-state index contributed by atoms with van der Waals surface area (Å²) in [5.74, 6) is 1.31. The molecule has 1 fully saturated rings. The van der Waals surface area contributed by atoms with Gasteiger partial charge in [-0.05, 0) is 56.9 Å². The number of piperidine rings is 1. The van der Waals surface area contributed by atoms with E-state index in [1.54, 1.807) is 0 Å². The first-order valence-corrected chi connectivity index (χ1v) is 11.5. The molecule has 1 atom stereocenters. The van der Waals surface area contributed by atoms with Gasteiger partial charge in [-0.15, -0.1) is 0 Å². The van der Waals surface area contributed by atoms with Gasteiger partial charge in [0.1, 0.15) is 5.75 Å². The molecular formula is C27H31N3O3. The summed E-state index contributed by atoms with van der Waals surface area (Å²) in [6.45, 7) is 7.19. The number of aromatic nitrogens is 1. The second kappa shape index (κ2) is 10.4. The van der Waals surface area contributed by atoms with Crippen LogP contribution in [-0.4, -0.2) is 35.3 Å². The minimum Gasteiger partial charge on any atom is -0.490 e. The lowest BCUT2D eigenvalue weighted by molar-refractivity contribution is 0.207. The number of urea groups is 1. The van der Waals surface area contributed by atoms with E-state index < -0.39 is 0 Å². The Kier molecular flexibility index (Phi) is 7.13. The zero-order chi connectivity index (χ0) is 23.2.